The van der Waals surface area contributed by atoms with Crippen LogP contribution in [0.15, 0.2) is 60.7 Å². The van der Waals surface area contributed by atoms with Crippen molar-refractivity contribution >= 4 is 51.7 Å². The number of carbonyl (C=O) groups excluding carboxylic acids is 4. The van der Waals surface area contributed by atoms with E-state index < -0.39 is 23.8 Å². The molecule has 4 rings (SSSR count). The van der Waals surface area contributed by atoms with Crippen LogP contribution >= 0.6 is 11.6 Å². The van der Waals surface area contributed by atoms with Gasteiger partial charge in [0, 0.05) is 12.2 Å². The maximum Gasteiger partial charge on any atom is 0.256 e. The van der Waals surface area contributed by atoms with Crippen molar-refractivity contribution in [1.82, 2.24) is 10.2 Å². The number of fused-ring (bicyclic) bond motifs is 1. The van der Waals surface area contributed by atoms with Gasteiger partial charge in [-0.05, 0) is 47.4 Å². The molecule has 1 fully saturated rings. The SMILES string of the molecule is NC(=O)CNC(=O)C1CCCN1C(=O)c1cc(NC(=O)Cc2cccc3ccccc23)ccc1Cl. The molecule has 4 amide bonds. The number of nitrogens with one attached hydrogen (secondary N) is 2. The molecule has 1 aliphatic heterocycles. The van der Waals surface area contributed by atoms with Gasteiger partial charge in [-0.1, -0.05) is 54.1 Å². The average Bonchev–Trinajstić information content (AvgIpc) is 3.33. The summed E-state index contributed by atoms with van der Waals surface area (Å²) in [6.07, 6.45) is 1.27. The fourth-order valence-corrected chi connectivity index (χ4v) is 4.52. The second-order valence-electron chi connectivity index (χ2n) is 8.40. The van der Waals surface area contributed by atoms with E-state index in [4.69, 9.17) is 17.3 Å². The molecular weight excluding hydrogens is 468 g/mol. The molecule has 0 aliphatic carbocycles. The zero-order valence-corrected chi connectivity index (χ0v) is 19.7. The number of hydrogen-bond acceptors (Lipinski definition) is 4. The van der Waals surface area contributed by atoms with Gasteiger partial charge in [0.2, 0.25) is 17.7 Å². The van der Waals surface area contributed by atoms with Crippen LogP contribution in [0.4, 0.5) is 5.69 Å². The first-order chi connectivity index (χ1) is 16.8. The van der Waals surface area contributed by atoms with Crippen molar-refractivity contribution in [3.05, 3.63) is 76.8 Å². The second kappa shape index (κ2) is 10.6. The van der Waals surface area contributed by atoms with Gasteiger partial charge in [0.1, 0.15) is 6.04 Å². The average molecular weight is 493 g/mol. The van der Waals surface area contributed by atoms with E-state index in [1.165, 1.54) is 11.0 Å². The van der Waals surface area contributed by atoms with E-state index in [2.05, 4.69) is 10.6 Å². The highest BCUT2D eigenvalue weighted by atomic mass is 35.5. The third-order valence-electron chi connectivity index (χ3n) is 5.96. The van der Waals surface area contributed by atoms with E-state index >= 15 is 0 Å². The number of amides is 4. The Morgan fingerprint density at radius 2 is 1.80 bits per heavy atom. The van der Waals surface area contributed by atoms with Crippen LogP contribution in [0, 0.1) is 0 Å². The number of anilines is 1. The van der Waals surface area contributed by atoms with Crippen LogP contribution < -0.4 is 16.4 Å². The van der Waals surface area contributed by atoms with E-state index in [1.807, 2.05) is 42.5 Å². The predicted molar refractivity (Wildman–Crippen MR) is 134 cm³/mol. The number of carbonyl (C=O) groups is 4. The first-order valence-electron chi connectivity index (χ1n) is 11.3. The van der Waals surface area contributed by atoms with Gasteiger partial charge >= 0.3 is 0 Å². The minimum Gasteiger partial charge on any atom is -0.368 e. The van der Waals surface area contributed by atoms with Crippen molar-refractivity contribution in [3.63, 3.8) is 0 Å². The van der Waals surface area contributed by atoms with E-state index in [0.29, 0.717) is 25.1 Å². The van der Waals surface area contributed by atoms with E-state index in [9.17, 15) is 19.2 Å². The molecule has 3 aromatic rings. The molecule has 9 heteroatoms. The summed E-state index contributed by atoms with van der Waals surface area (Å²) in [7, 11) is 0. The number of primary amides is 1. The van der Waals surface area contributed by atoms with Crippen LogP contribution in [0.5, 0.6) is 0 Å². The highest BCUT2D eigenvalue weighted by Crippen LogP contribution is 2.27. The number of benzene rings is 3. The highest BCUT2D eigenvalue weighted by molar-refractivity contribution is 6.34. The molecule has 35 heavy (non-hydrogen) atoms. The second-order valence-corrected chi connectivity index (χ2v) is 8.81. The molecule has 1 atom stereocenters. The smallest absolute Gasteiger partial charge is 0.256 e. The Morgan fingerprint density at radius 1 is 1.03 bits per heavy atom. The van der Waals surface area contributed by atoms with Crippen LogP contribution in [0.1, 0.15) is 28.8 Å². The van der Waals surface area contributed by atoms with Crippen molar-refractivity contribution in [2.24, 2.45) is 5.73 Å². The zero-order valence-electron chi connectivity index (χ0n) is 18.9. The summed E-state index contributed by atoms with van der Waals surface area (Å²) in [4.78, 5) is 50.9. The van der Waals surface area contributed by atoms with Gasteiger partial charge in [0.05, 0.1) is 23.6 Å². The normalized spacial score (nSPS) is 15.1. The fraction of sp³-hybridized carbons (Fsp3) is 0.231. The largest absolute Gasteiger partial charge is 0.368 e. The lowest BCUT2D eigenvalue weighted by molar-refractivity contribution is -0.127. The number of halogens is 1. The van der Waals surface area contributed by atoms with Crippen molar-refractivity contribution in [2.45, 2.75) is 25.3 Å². The molecule has 1 heterocycles. The molecule has 0 saturated carbocycles. The fourth-order valence-electron chi connectivity index (χ4n) is 4.32. The predicted octanol–water partition coefficient (Wildman–Crippen LogP) is 2.88. The molecule has 1 aliphatic rings. The Bertz CT molecular complexity index is 1300. The Labute approximate surface area is 207 Å². The third-order valence-corrected chi connectivity index (χ3v) is 6.29. The summed E-state index contributed by atoms with van der Waals surface area (Å²) in [5, 5.41) is 7.56. The van der Waals surface area contributed by atoms with Crippen LogP contribution in [-0.4, -0.2) is 47.7 Å². The Kier molecular flexibility index (Phi) is 7.31. The molecule has 1 saturated heterocycles. The van der Waals surface area contributed by atoms with Gasteiger partial charge in [-0.15, -0.1) is 0 Å². The Morgan fingerprint density at radius 3 is 2.60 bits per heavy atom. The highest BCUT2D eigenvalue weighted by Gasteiger charge is 2.35. The minimum absolute atomic E-state index is 0.168. The Hall–Kier alpha value is -3.91. The summed E-state index contributed by atoms with van der Waals surface area (Å²) in [6.45, 7) is 0.0812. The third kappa shape index (κ3) is 5.60. The van der Waals surface area contributed by atoms with Crippen LogP contribution in [0.2, 0.25) is 5.02 Å². The van der Waals surface area contributed by atoms with Gasteiger partial charge in [-0.25, -0.2) is 0 Å². The minimum atomic E-state index is -0.720. The molecule has 0 bridgehead atoms. The molecule has 180 valence electrons. The lowest BCUT2D eigenvalue weighted by Crippen LogP contribution is -2.47. The summed E-state index contributed by atoms with van der Waals surface area (Å²) in [5.41, 5.74) is 6.60. The number of nitrogens with two attached hydrogens (primary N) is 1. The number of nitrogens with zero attached hydrogens (tertiary/aromatic N) is 1. The van der Waals surface area contributed by atoms with Crippen LogP contribution in [-0.2, 0) is 20.8 Å². The van der Waals surface area contributed by atoms with Gasteiger partial charge in [-0.2, -0.15) is 0 Å². The lowest BCUT2D eigenvalue weighted by atomic mass is 10.0. The molecule has 4 N–H and O–H groups in total. The molecule has 8 nitrogen and oxygen atoms in total. The maximum atomic E-state index is 13.3. The van der Waals surface area contributed by atoms with Gasteiger partial charge in [-0.3, -0.25) is 19.2 Å². The molecule has 3 aromatic carbocycles. The molecule has 0 spiro atoms. The van der Waals surface area contributed by atoms with Gasteiger partial charge in [0.25, 0.3) is 5.91 Å². The molecule has 0 aromatic heterocycles. The number of rotatable bonds is 7. The number of likely N-dealkylation sites (tertiary alicyclic amines) is 1. The maximum absolute atomic E-state index is 13.3. The standard InChI is InChI=1S/C26H25ClN4O4/c27-21-11-10-18(30-24(33)13-17-7-3-6-16-5-1-2-8-19(16)17)14-20(21)26(35)31-12-4-9-22(31)25(34)29-15-23(28)32/h1-3,5-8,10-11,14,22H,4,9,12-13,15H2,(H2,28,32)(H,29,34)(H,30,33). The van der Waals surface area contributed by atoms with Crippen LogP contribution in [0.3, 0.4) is 0 Å². The molecule has 1 unspecified atom stereocenters. The van der Waals surface area contributed by atoms with Crippen molar-refractivity contribution in [1.29, 1.82) is 0 Å². The van der Waals surface area contributed by atoms with Crippen molar-refractivity contribution in [3.8, 4) is 0 Å². The zero-order chi connectivity index (χ0) is 24.9. The summed E-state index contributed by atoms with van der Waals surface area (Å²) >= 11 is 6.31. The summed E-state index contributed by atoms with van der Waals surface area (Å²) in [5.74, 6) is -1.75. The van der Waals surface area contributed by atoms with E-state index in [1.54, 1.807) is 12.1 Å². The van der Waals surface area contributed by atoms with Crippen molar-refractivity contribution < 1.29 is 19.2 Å². The Balaban J connectivity index is 1.48. The van der Waals surface area contributed by atoms with E-state index in [-0.39, 0.29) is 29.5 Å². The monoisotopic (exact) mass is 492 g/mol. The first kappa shape index (κ1) is 24.2. The quantitative estimate of drug-likeness (QED) is 0.469. The van der Waals surface area contributed by atoms with Gasteiger partial charge < -0.3 is 21.3 Å². The number of hydrogen-bond donors (Lipinski definition) is 3. The summed E-state index contributed by atoms with van der Waals surface area (Å²) in [6, 6.07) is 17.6. The molecular formula is C26H25ClN4O4. The molecule has 0 radical (unpaired) electrons. The first-order valence-corrected chi connectivity index (χ1v) is 11.6. The van der Waals surface area contributed by atoms with Crippen molar-refractivity contribution in [2.75, 3.05) is 18.4 Å². The van der Waals surface area contributed by atoms with Crippen LogP contribution in [0.25, 0.3) is 10.8 Å². The van der Waals surface area contributed by atoms with E-state index in [0.717, 1.165) is 16.3 Å². The topological polar surface area (TPSA) is 122 Å². The lowest BCUT2D eigenvalue weighted by Gasteiger charge is -2.24. The van der Waals surface area contributed by atoms with Gasteiger partial charge in [0.15, 0.2) is 0 Å². The summed E-state index contributed by atoms with van der Waals surface area (Å²) < 4.78 is 0.